The fraction of sp³-hybridized carbons (Fsp3) is 0.368. The standard InChI is InChI=1S/C19H23NS/c1-3-6-14-9-11-15(12-10-14)19(20-2)18-13-16-7-4-5-8-17(16)21-18/h4-5,7-12,18-20H,3,6,13H2,1-2H3. The lowest BCUT2D eigenvalue weighted by atomic mass is 9.97. The van der Waals surface area contributed by atoms with Gasteiger partial charge in [0, 0.05) is 16.2 Å². The van der Waals surface area contributed by atoms with Gasteiger partial charge in [-0.1, -0.05) is 55.8 Å². The number of thioether (sulfide) groups is 1. The van der Waals surface area contributed by atoms with Crippen molar-refractivity contribution in [2.45, 2.75) is 42.4 Å². The van der Waals surface area contributed by atoms with Crippen LogP contribution in [0.4, 0.5) is 0 Å². The second-order valence-corrected chi connectivity index (χ2v) is 7.01. The normalized spacial score (nSPS) is 18.5. The Morgan fingerprint density at radius 3 is 2.57 bits per heavy atom. The summed E-state index contributed by atoms with van der Waals surface area (Å²) in [4.78, 5) is 1.45. The SMILES string of the molecule is CCCc1ccc(C(NC)C2Cc3ccccc3S2)cc1. The number of hydrogen-bond acceptors (Lipinski definition) is 2. The van der Waals surface area contributed by atoms with Gasteiger partial charge in [-0.25, -0.2) is 0 Å². The first-order valence-corrected chi connectivity index (χ1v) is 8.70. The van der Waals surface area contributed by atoms with Crippen molar-refractivity contribution < 1.29 is 0 Å². The van der Waals surface area contributed by atoms with Crippen molar-refractivity contribution in [3.63, 3.8) is 0 Å². The van der Waals surface area contributed by atoms with Gasteiger partial charge in [0.05, 0.1) is 0 Å². The van der Waals surface area contributed by atoms with Crippen LogP contribution in [0.15, 0.2) is 53.4 Å². The minimum absolute atomic E-state index is 0.415. The molecular formula is C19H23NS. The molecule has 0 spiro atoms. The Hall–Kier alpha value is -1.25. The van der Waals surface area contributed by atoms with E-state index < -0.39 is 0 Å². The Morgan fingerprint density at radius 2 is 1.90 bits per heavy atom. The Morgan fingerprint density at radius 1 is 1.14 bits per heavy atom. The molecule has 0 radical (unpaired) electrons. The molecule has 21 heavy (non-hydrogen) atoms. The predicted octanol–water partition coefficient (Wildman–Crippen LogP) is 4.62. The third-order valence-corrected chi connectivity index (χ3v) is 5.63. The highest BCUT2D eigenvalue weighted by atomic mass is 32.2. The zero-order chi connectivity index (χ0) is 14.7. The van der Waals surface area contributed by atoms with E-state index in [2.05, 4.69) is 67.8 Å². The molecule has 1 nitrogen and oxygen atoms in total. The van der Waals surface area contributed by atoms with Gasteiger partial charge in [-0.15, -0.1) is 11.8 Å². The molecule has 0 bridgehead atoms. The summed E-state index contributed by atoms with van der Waals surface area (Å²) in [6.07, 6.45) is 3.54. The average molecular weight is 297 g/mol. The highest BCUT2D eigenvalue weighted by Crippen LogP contribution is 2.42. The number of aryl methyl sites for hydroxylation is 1. The molecule has 0 saturated carbocycles. The summed E-state index contributed by atoms with van der Waals surface area (Å²) in [5, 5.41) is 4.11. The third-order valence-electron chi connectivity index (χ3n) is 4.23. The molecule has 110 valence electrons. The van der Waals surface area contributed by atoms with Crippen LogP contribution in [0.5, 0.6) is 0 Å². The van der Waals surface area contributed by atoms with Crippen LogP contribution < -0.4 is 5.32 Å². The molecule has 1 aliphatic heterocycles. The first-order valence-electron chi connectivity index (χ1n) is 7.82. The highest BCUT2D eigenvalue weighted by molar-refractivity contribution is 8.00. The molecule has 0 saturated heterocycles. The van der Waals surface area contributed by atoms with Crippen molar-refractivity contribution in [3.05, 3.63) is 65.2 Å². The first-order chi connectivity index (χ1) is 10.3. The van der Waals surface area contributed by atoms with Gasteiger partial charge < -0.3 is 5.32 Å². The van der Waals surface area contributed by atoms with E-state index in [1.54, 1.807) is 0 Å². The van der Waals surface area contributed by atoms with Crippen molar-refractivity contribution in [1.29, 1.82) is 0 Å². The van der Waals surface area contributed by atoms with Crippen LogP contribution in [0.2, 0.25) is 0 Å². The molecule has 2 heteroatoms. The van der Waals surface area contributed by atoms with Gasteiger partial charge in [0.25, 0.3) is 0 Å². The quantitative estimate of drug-likeness (QED) is 0.864. The van der Waals surface area contributed by atoms with E-state index in [1.165, 1.54) is 34.4 Å². The topological polar surface area (TPSA) is 12.0 Å². The van der Waals surface area contributed by atoms with Gasteiger partial charge in [-0.2, -0.15) is 0 Å². The fourth-order valence-electron chi connectivity index (χ4n) is 3.14. The van der Waals surface area contributed by atoms with E-state index in [0.717, 1.165) is 6.42 Å². The van der Waals surface area contributed by atoms with E-state index in [9.17, 15) is 0 Å². The van der Waals surface area contributed by atoms with Crippen LogP contribution in [0, 0.1) is 0 Å². The minimum Gasteiger partial charge on any atom is -0.312 e. The molecule has 2 atom stereocenters. The molecule has 3 rings (SSSR count). The Labute approximate surface area is 132 Å². The van der Waals surface area contributed by atoms with E-state index in [4.69, 9.17) is 0 Å². The van der Waals surface area contributed by atoms with Crippen molar-refractivity contribution in [1.82, 2.24) is 5.32 Å². The molecule has 2 unspecified atom stereocenters. The maximum Gasteiger partial charge on any atom is 0.0444 e. The number of nitrogens with one attached hydrogen (secondary N) is 1. The molecular weight excluding hydrogens is 274 g/mol. The smallest absolute Gasteiger partial charge is 0.0444 e. The van der Waals surface area contributed by atoms with Crippen LogP contribution in [-0.4, -0.2) is 12.3 Å². The molecule has 0 aliphatic carbocycles. The number of hydrogen-bond donors (Lipinski definition) is 1. The molecule has 0 aromatic heterocycles. The van der Waals surface area contributed by atoms with Crippen molar-refractivity contribution in [2.75, 3.05) is 7.05 Å². The van der Waals surface area contributed by atoms with Gasteiger partial charge in [-0.3, -0.25) is 0 Å². The number of benzene rings is 2. The molecule has 0 amide bonds. The van der Waals surface area contributed by atoms with Gasteiger partial charge in [0.2, 0.25) is 0 Å². The summed E-state index contributed by atoms with van der Waals surface area (Å²) in [6, 6.07) is 18.4. The maximum atomic E-state index is 3.53. The summed E-state index contributed by atoms with van der Waals surface area (Å²) in [6.45, 7) is 2.23. The molecule has 0 fully saturated rings. The van der Waals surface area contributed by atoms with Gasteiger partial charge in [0.15, 0.2) is 0 Å². The van der Waals surface area contributed by atoms with Crippen molar-refractivity contribution >= 4 is 11.8 Å². The summed E-state index contributed by atoms with van der Waals surface area (Å²) < 4.78 is 0. The Bertz CT molecular complexity index is 566. The molecule has 2 aromatic rings. The molecule has 1 N–H and O–H groups in total. The second-order valence-electron chi connectivity index (χ2n) is 5.73. The fourth-order valence-corrected chi connectivity index (χ4v) is 4.62. The second kappa shape index (κ2) is 6.67. The lowest BCUT2D eigenvalue weighted by Crippen LogP contribution is -2.27. The van der Waals surface area contributed by atoms with Crippen LogP contribution in [0.25, 0.3) is 0 Å². The van der Waals surface area contributed by atoms with Crippen molar-refractivity contribution in [2.24, 2.45) is 0 Å². The van der Waals surface area contributed by atoms with Crippen LogP contribution in [0.1, 0.15) is 36.1 Å². The van der Waals surface area contributed by atoms with Gasteiger partial charge in [0.1, 0.15) is 0 Å². The molecule has 2 aromatic carbocycles. The molecule has 1 heterocycles. The predicted molar refractivity (Wildman–Crippen MR) is 92.0 cm³/mol. The first kappa shape index (κ1) is 14.7. The Balaban J connectivity index is 1.77. The maximum absolute atomic E-state index is 3.53. The third kappa shape index (κ3) is 3.17. The lowest BCUT2D eigenvalue weighted by Gasteiger charge is -2.23. The summed E-state index contributed by atoms with van der Waals surface area (Å²) in [7, 11) is 2.08. The zero-order valence-corrected chi connectivity index (χ0v) is 13.6. The number of rotatable bonds is 5. The Kier molecular flexibility index (Phi) is 4.67. The average Bonchev–Trinajstić information content (AvgIpc) is 2.93. The van der Waals surface area contributed by atoms with Crippen LogP contribution in [-0.2, 0) is 12.8 Å². The summed E-state index contributed by atoms with van der Waals surface area (Å²) in [5.41, 5.74) is 4.34. The monoisotopic (exact) mass is 297 g/mol. The van der Waals surface area contributed by atoms with Crippen molar-refractivity contribution in [3.8, 4) is 0 Å². The molecule has 1 aliphatic rings. The van der Waals surface area contributed by atoms with E-state index in [-0.39, 0.29) is 0 Å². The van der Waals surface area contributed by atoms with Crippen LogP contribution in [0.3, 0.4) is 0 Å². The summed E-state index contributed by atoms with van der Waals surface area (Å²) in [5.74, 6) is 0. The highest BCUT2D eigenvalue weighted by Gasteiger charge is 2.29. The zero-order valence-electron chi connectivity index (χ0n) is 12.8. The largest absolute Gasteiger partial charge is 0.312 e. The lowest BCUT2D eigenvalue weighted by molar-refractivity contribution is 0.568. The van der Waals surface area contributed by atoms with Gasteiger partial charge >= 0.3 is 0 Å². The van der Waals surface area contributed by atoms with E-state index in [0.29, 0.717) is 11.3 Å². The number of fused-ring (bicyclic) bond motifs is 1. The summed E-state index contributed by atoms with van der Waals surface area (Å²) >= 11 is 2.02. The minimum atomic E-state index is 0.415. The van der Waals surface area contributed by atoms with E-state index >= 15 is 0 Å². The van der Waals surface area contributed by atoms with Crippen LogP contribution >= 0.6 is 11.8 Å². The van der Waals surface area contributed by atoms with Gasteiger partial charge in [-0.05, 0) is 42.6 Å². The van der Waals surface area contributed by atoms with E-state index in [1.807, 2.05) is 11.8 Å².